The zero-order valence-electron chi connectivity index (χ0n) is 11.0. The van der Waals surface area contributed by atoms with Gasteiger partial charge in [-0.25, -0.2) is 0 Å². The highest BCUT2D eigenvalue weighted by molar-refractivity contribution is 5.82. The van der Waals surface area contributed by atoms with Gasteiger partial charge in [-0.1, -0.05) is 0 Å². The maximum Gasteiger partial charge on any atom is 0.269 e. The minimum atomic E-state index is -1.40. The molecule has 2 atom stereocenters. The number of rotatable bonds is 3. The van der Waals surface area contributed by atoms with Crippen LogP contribution in [0.5, 0.6) is 5.75 Å². The van der Waals surface area contributed by atoms with E-state index < -0.39 is 22.7 Å². The first-order chi connectivity index (χ1) is 10.4. The monoisotopic (exact) mass is 299 g/mol. The van der Waals surface area contributed by atoms with E-state index in [0.717, 1.165) is 6.07 Å². The molecule has 1 aliphatic heterocycles. The van der Waals surface area contributed by atoms with Crippen LogP contribution in [0.3, 0.4) is 0 Å². The summed E-state index contributed by atoms with van der Waals surface area (Å²) in [5.74, 6) is -3.62. The first-order valence-electron chi connectivity index (χ1n) is 5.95. The number of amides is 1. The van der Waals surface area contributed by atoms with Gasteiger partial charge < -0.3 is 16.2 Å². The molecular formula is C13H9N5O4. The van der Waals surface area contributed by atoms with Gasteiger partial charge in [-0.3, -0.25) is 14.9 Å². The molecule has 9 heteroatoms. The summed E-state index contributed by atoms with van der Waals surface area (Å²) in [5.41, 5.74) is 10.5. The molecule has 0 radical (unpaired) electrons. The van der Waals surface area contributed by atoms with E-state index in [2.05, 4.69) is 0 Å². The molecule has 1 aromatic rings. The zero-order chi connectivity index (χ0) is 16.4. The van der Waals surface area contributed by atoms with Gasteiger partial charge in [0.15, 0.2) is 0 Å². The van der Waals surface area contributed by atoms with E-state index in [4.69, 9.17) is 21.5 Å². The maximum absolute atomic E-state index is 11.5. The van der Waals surface area contributed by atoms with Crippen molar-refractivity contribution in [1.29, 1.82) is 10.5 Å². The number of ether oxygens (including phenoxy) is 1. The number of nitrogens with two attached hydrogens (primary N) is 2. The number of hydrogen-bond donors (Lipinski definition) is 2. The Kier molecular flexibility index (Phi) is 3.65. The summed E-state index contributed by atoms with van der Waals surface area (Å²) in [6.07, 6.45) is 0. The first-order valence-corrected chi connectivity index (χ1v) is 5.95. The molecule has 110 valence electrons. The van der Waals surface area contributed by atoms with Gasteiger partial charge in [-0.2, -0.15) is 10.5 Å². The third kappa shape index (κ3) is 2.27. The van der Waals surface area contributed by atoms with Crippen LogP contribution in [0.25, 0.3) is 0 Å². The predicted octanol–water partition coefficient (Wildman–Crippen LogP) is 0.390. The molecular weight excluding hydrogens is 290 g/mol. The number of benzene rings is 1. The summed E-state index contributed by atoms with van der Waals surface area (Å²) in [7, 11) is 0. The molecule has 4 N–H and O–H groups in total. The van der Waals surface area contributed by atoms with Crippen molar-refractivity contribution in [2.24, 2.45) is 17.4 Å². The van der Waals surface area contributed by atoms with Gasteiger partial charge in [-0.15, -0.1) is 0 Å². The summed E-state index contributed by atoms with van der Waals surface area (Å²) in [5, 5.41) is 29.2. The van der Waals surface area contributed by atoms with Gasteiger partial charge in [0, 0.05) is 17.7 Å². The molecule has 2 unspecified atom stereocenters. The second-order valence-corrected chi connectivity index (χ2v) is 4.46. The van der Waals surface area contributed by atoms with Gasteiger partial charge in [0.25, 0.3) is 5.69 Å². The number of primary amides is 1. The van der Waals surface area contributed by atoms with Crippen molar-refractivity contribution in [3.05, 3.63) is 45.3 Å². The lowest BCUT2D eigenvalue weighted by Crippen LogP contribution is -2.32. The number of nitriles is 2. The van der Waals surface area contributed by atoms with Crippen LogP contribution in [-0.2, 0) is 4.79 Å². The van der Waals surface area contributed by atoms with E-state index in [1.165, 1.54) is 12.1 Å². The average molecular weight is 299 g/mol. The summed E-state index contributed by atoms with van der Waals surface area (Å²) in [6, 6.07) is 7.08. The first kappa shape index (κ1) is 14.8. The predicted molar refractivity (Wildman–Crippen MR) is 71.6 cm³/mol. The quantitative estimate of drug-likeness (QED) is 0.600. The normalized spacial score (nSPS) is 17.5. The van der Waals surface area contributed by atoms with Gasteiger partial charge in [0.1, 0.15) is 17.7 Å². The Balaban J connectivity index is 2.71. The van der Waals surface area contributed by atoms with Crippen molar-refractivity contribution in [2.75, 3.05) is 0 Å². The Morgan fingerprint density at radius 2 is 2.14 bits per heavy atom. The molecule has 1 amide bonds. The fraction of sp³-hybridized carbons (Fsp3) is 0.154. The molecule has 0 aromatic heterocycles. The number of allylic oxidation sites excluding steroid dienone is 1. The molecule has 9 nitrogen and oxygen atoms in total. The number of carbonyl (C=O) groups is 1. The number of fused-ring (bicyclic) bond motifs is 1. The third-order valence-electron chi connectivity index (χ3n) is 3.24. The molecule has 1 aromatic carbocycles. The van der Waals surface area contributed by atoms with Crippen LogP contribution in [-0.4, -0.2) is 10.8 Å². The highest BCUT2D eigenvalue weighted by atomic mass is 16.6. The maximum atomic E-state index is 11.5. The van der Waals surface area contributed by atoms with Crippen LogP contribution < -0.4 is 16.2 Å². The van der Waals surface area contributed by atoms with Gasteiger partial charge >= 0.3 is 0 Å². The van der Waals surface area contributed by atoms with Crippen LogP contribution in [0.4, 0.5) is 5.69 Å². The van der Waals surface area contributed by atoms with Crippen LogP contribution in [0.15, 0.2) is 29.7 Å². The van der Waals surface area contributed by atoms with E-state index >= 15 is 0 Å². The number of nitrogens with zero attached hydrogens (tertiary/aromatic N) is 3. The van der Waals surface area contributed by atoms with Gasteiger partial charge in [0.2, 0.25) is 11.8 Å². The van der Waals surface area contributed by atoms with Crippen molar-refractivity contribution in [2.45, 2.75) is 5.92 Å². The van der Waals surface area contributed by atoms with Crippen molar-refractivity contribution in [1.82, 2.24) is 0 Å². The van der Waals surface area contributed by atoms with Crippen molar-refractivity contribution >= 4 is 11.6 Å². The van der Waals surface area contributed by atoms with Crippen molar-refractivity contribution in [3.8, 4) is 17.9 Å². The number of nitro groups is 1. The largest absolute Gasteiger partial charge is 0.440 e. The highest BCUT2D eigenvalue weighted by Crippen LogP contribution is 2.43. The number of carbonyl (C=O) groups excluding carboxylic acids is 1. The van der Waals surface area contributed by atoms with Crippen molar-refractivity contribution in [3.63, 3.8) is 0 Å². The molecule has 0 aliphatic carbocycles. The van der Waals surface area contributed by atoms with Crippen LogP contribution in [0.2, 0.25) is 0 Å². The van der Waals surface area contributed by atoms with Gasteiger partial charge in [0.05, 0.1) is 22.5 Å². The number of hydrogen-bond acceptors (Lipinski definition) is 7. The van der Waals surface area contributed by atoms with Crippen LogP contribution >= 0.6 is 0 Å². The topological polar surface area (TPSA) is 169 Å². The molecule has 22 heavy (non-hydrogen) atoms. The molecule has 0 saturated heterocycles. The molecule has 1 heterocycles. The fourth-order valence-corrected chi connectivity index (χ4v) is 2.24. The van der Waals surface area contributed by atoms with E-state index in [9.17, 15) is 20.2 Å². The van der Waals surface area contributed by atoms with Crippen molar-refractivity contribution < 1.29 is 14.5 Å². The number of non-ortho nitro benzene ring substituents is 1. The minimum Gasteiger partial charge on any atom is -0.440 e. The van der Waals surface area contributed by atoms with Crippen LogP contribution in [0.1, 0.15) is 11.5 Å². The third-order valence-corrected chi connectivity index (χ3v) is 3.24. The van der Waals surface area contributed by atoms with Crippen LogP contribution in [0, 0.1) is 38.7 Å². The Labute approximate surface area is 124 Å². The molecule has 0 saturated carbocycles. The Bertz CT molecular complexity index is 787. The number of nitro benzene ring substituents is 1. The molecule has 0 spiro atoms. The molecule has 0 bridgehead atoms. The Hall–Kier alpha value is -3.59. The lowest BCUT2D eigenvalue weighted by Gasteiger charge is -2.27. The zero-order valence-corrected chi connectivity index (χ0v) is 11.0. The summed E-state index contributed by atoms with van der Waals surface area (Å²) in [6.45, 7) is 0. The second kappa shape index (κ2) is 5.42. The molecule has 1 aliphatic rings. The molecule has 0 fully saturated rings. The van der Waals surface area contributed by atoms with E-state index in [1.807, 2.05) is 0 Å². The Morgan fingerprint density at radius 1 is 1.45 bits per heavy atom. The average Bonchev–Trinajstić information content (AvgIpc) is 2.46. The standard InChI is InChI=1S/C13H9N5O4/c14-4-8(12(16)19)11-7-3-6(18(20)21)1-2-10(7)22-13(17)9(11)5-15/h1-3,8,11H,17H2,(H2,16,19). The smallest absolute Gasteiger partial charge is 0.269 e. The minimum absolute atomic E-state index is 0.133. The lowest BCUT2D eigenvalue weighted by molar-refractivity contribution is -0.385. The summed E-state index contributed by atoms with van der Waals surface area (Å²) in [4.78, 5) is 21.7. The lowest BCUT2D eigenvalue weighted by atomic mass is 9.79. The van der Waals surface area contributed by atoms with E-state index in [-0.39, 0.29) is 28.5 Å². The van der Waals surface area contributed by atoms with E-state index in [1.54, 1.807) is 12.1 Å². The van der Waals surface area contributed by atoms with Gasteiger partial charge in [-0.05, 0) is 6.07 Å². The fourth-order valence-electron chi connectivity index (χ4n) is 2.24. The summed E-state index contributed by atoms with van der Waals surface area (Å²) >= 11 is 0. The second-order valence-electron chi connectivity index (χ2n) is 4.46. The summed E-state index contributed by atoms with van der Waals surface area (Å²) < 4.78 is 5.23. The SMILES string of the molecule is N#CC1=C(N)Oc2ccc([N+](=O)[O-])cc2C1C(C#N)C(N)=O. The Morgan fingerprint density at radius 3 is 2.64 bits per heavy atom. The molecule has 2 rings (SSSR count). The highest BCUT2D eigenvalue weighted by Gasteiger charge is 2.39. The van der Waals surface area contributed by atoms with E-state index in [0.29, 0.717) is 0 Å².